The third-order valence-corrected chi connectivity index (χ3v) is 4.44. The molecule has 0 unspecified atom stereocenters. The van der Waals surface area contributed by atoms with Crippen molar-refractivity contribution in [1.29, 1.82) is 0 Å². The van der Waals surface area contributed by atoms with Crippen molar-refractivity contribution >= 4 is 34.7 Å². The Morgan fingerprint density at radius 2 is 2.04 bits per heavy atom. The second-order valence-corrected chi connectivity index (χ2v) is 6.32. The van der Waals surface area contributed by atoms with Crippen molar-refractivity contribution in [3.05, 3.63) is 77.3 Å². The highest BCUT2D eigenvalue weighted by molar-refractivity contribution is 8.18. The number of nitrogens with zero attached hydrogens (tertiary/aromatic N) is 3. The molecule has 4 nitrogen and oxygen atoms in total. The zero-order chi connectivity index (χ0) is 16.9. The summed E-state index contributed by atoms with van der Waals surface area (Å²) < 4.78 is 0. The van der Waals surface area contributed by atoms with Crippen molar-refractivity contribution in [3.63, 3.8) is 0 Å². The van der Waals surface area contributed by atoms with Gasteiger partial charge in [-0.2, -0.15) is 0 Å². The minimum Gasteiger partial charge on any atom is -0.282 e. The summed E-state index contributed by atoms with van der Waals surface area (Å²) in [6, 6.07) is 13.6. The van der Waals surface area contributed by atoms with E-state index in [1.807, 2.05) is 55.5 Å². The molecule has 0 saturated carbocycles. The van der Waals surface area contributed by atoms with E-state index in [2.05, 4.69) is 16.6 Å². The molecule has 1 aliphatic rings. The van der Waals surface area contributed by atoms with E-state index in [0.717, 1.165) is 5.56 Å². The number of hydrogen-bond acceptors (Lipinski definition) is 4. The van der Waals surface area contributed by atoms with Crippen molar-refractivity contribution in [3.8, 4) is 0 Å². The van der Waals surface area contributed by atoms with Crippen molar-refractivity contribution in [2.24, 2.45) is 4.99 Å². The number of aryl methyl sites for hydroxylation is 1. The van der Waals surface area contributed by atoms with E-state index < -0.39 is 0 Å². The highest BCUT2D eigenvalue weighted by Gasteiger charge is 2.32. The van der Waals surface area contributed by atoms with Crippen LogP contribution >= 0.6 is 11.8 Å². The molecule has 2 aromatic rings. The normalized spacial score (nSPS) is 17.7. The number of pyridine rings is 1. The molecule has 1 aromatic heterocycles. The number of thioether (sulfide) groups is 1. The van der Waals surface area contributed by atoms with Crippen LogP contribution in [0.1, 0.15) is 11.1 Å². The number of rotatable bonds is 4. The summed E-state index contributed by atoms with van der Waals surface area (Å²) in [6.07, 6.45) is 5.27. The molecule has 0 atom stereocenters. The number of amidine groups is 1. The largest absolute Gasteiger partial charge is 0.282 e. The molecule has 3 rings (SSSR count). The quantitative estimate of drug-likeness (QED) is 0.622. The van der Waals surface area contributed by atoms with Gasteiger partial charge in [0.1, 0.15) is 0 Å². The Bertz CT molecular complexity index is 810. The summed E-state index contributed by atoms with van der Waals surface area (Å²) >= 11 is 1.36. The van der Waals surface area contributed by atoms with Crippen LogP contribution in [0, 0.1) is 6.92 Å². The molecule has 0 N–H and O–H groups in total. The number of amides is 1. The maximum Gasteiger partial charge on any atom is 0.267 e. The van der Waals surface area contributed by atoms with Gasteiger partial charge in [-0.05, 0) is 42.5 Å². The van der Waals surface area contributed by atoms with Crippen LogP contribution in [0.2, 0.25) is 0 Å². The zero-order valence-electron chi connectivity index (χ0n) is 13.3. The van der Waals surface area contributed by atoms with Gasteiger partial charge < -0.3 is 0 Å². The molecule has 1 aromatic carbocycles. The minimum absolute atomic E-state index is 0.0600. The Morgan fingerprint density at radius 1 is 1.25 bits per heavy atom. The molecule has 0 aliphatic carbocycles. The summed E-state index contributed by atoms with van der Waals surface area (Å²) in [5.74, 6) is 0.522. The highest BCUT2D eigenvalue weighted by Crippen LogP contribution is 2.33. The standard InChI is InChI=1S/C19H17N3OS/c1-3-12-22-18(23)16(13-15-9-7-14(2)8-10-15)24-19(22)21-17-6-4-5-11-20-17/h3-11,13H,1,12H2,2H3/b16-13-,21-19+. The lowest BCUT2D eigenvalue weighted by molar-refractivity contribution is -0.121. The first kappa shape index (κ1) is 16.2. The van der Waals surface area contributed by atoms with Crippen LogP contribution in [-0.4, -0.2) is 27.5 Å². The van der Waals surface area contributed by atoms with Crippen molar-refractivity contribution in [1.82, 2.24) is 9.88 Å². The predicted octanol–water partition coefficient (Wildman–Crippen LogP) is 4.18. The van der Waals surface area contributed by atoms with Crippen LogP contribution in [-0.2, 0) is 4.79 Å². The first-order valence-corrected chi connectivity index (χ1v) is 8.38. The first-order valence-electron chi connectivity index (χ1n) is 7.56. The molecule has 1 aliphatic heterocycles. The van der Waals surface area contributed by atoms with Crippen LogP contribution in [0.5, 0.6) is 0 Å². The molecule has 1 saturated heterocycles. The van der Waals surface area contributed by atoms with Gasteiger partial charge in [0.05, 0.1) is 4.91 Å². The average molecular weight is 335 g/mol. The van der Waals surface area contributed by atoms with Crippen molar-refractivity contribution in [2.75, 3.05) is 6.54 Å². The van der Waals surface area contributed by atoms with E-state index in [9.17, 15) is 4.79 Å². The Labute approximate surface area is 145 Å². The van der Waals surface area contributed by atoms with Crippen molar-refractivity contribution < 1.29 is 4.79 Å². The van der Waals surface area contributed by atoms with Crippen LogP contribution in [0.15, 0.2) is 71.2 Å². The lowest BCUT2D eigenvalue weighted by Crippen LogP contribution is -2.29. The Balaban J connectivity index is 1.93. The summed E-state index contributed by atoms with van der Waals surface area (Å²) in [6.45, 7) is 6.18. The van der Waals surface area contributed by atoms with Crippen LogP contribution in [0.3, 0.4) is 0 Å². The lowest BCUT2D eigenvalue weighted by atomic mass is 10.1. The van der Waals surface area contributed by atoms with E-state index in [-0.39, 0.29) is 5.91 Å². The number of carbonyl (C=O) groups excluding carboxylic acids is 1. The van der Waals surface area contributed by atoms with E-state index in [0.29, 0.717) is 22.4 Å². The molecule has 0 bridgehead atoms. The fraction of sp³-hybridized carbons (Fsp3) is 0.105. The van der Waals surface area contributed by atoms with Gasteiger partial charge in [0.25, 0.3) is 5.91 Å². The van der Waals surface area contributed by atoms with Gasteiger partial charge in [-0.15, -0.1) is 6.58 Å². The Kier molecular flexibility index (Phi) is 4.91. The maximum absolute atomic E-state index is 12.7. The van der Waals surface area contributed by atoms with Gasteiger partial charge in [0, 0.05) is 12.7 Å². The predicted molar refractivity (Wildman–Crippen MR) is 100.0 cm³/mol. The Hall–Kier alpha value is -2.66. The molecular weight excluding hydrogens is 318 g/mol. The van der Waals surface area contributed by atoms with Gasteiger partial charge in [-0.3, -0.25) is 9.69 Å². The van der Waals surface area contributed by atoms with Gasteiger partial charge in [-0.25, -0.2) is 9.98 Å². The zero-order valence-corrected chi connectivity index (χ0v) is 14.2. The average Bonchev–Trinajstić information content (AvgIpc) is 2.87. The number of aromatic nitrogens is 1. The third kappa shape index (κ3) is 3.63. The molecule has 1 fully saturated rings. The summed E-state index contributed by atoms with van der Waals surface area (Å²) in [7, 11) is 0. The molecular formula is C19H17N3OS. The molecule has 0 radical (unpaired) electrons. The molecule has 2 heterocycles. The van der Waals surface area contributed by atoms with E-state index >= 15 is 0 Å². The second-order valence-electron chi connectivity index (χ2n) is 5.31. The maximum atomic E-state index is 12.7. The van der Waals surface area contributed by atoms with Gasteiger partial charge >= 0.3 is 0 Å². The summed E-state index contributed by atoms with van der Waals surface area (Å²) in [5, 5.41) is 0.622. The number of benzene rings is 1. The van der Waals surface area contributed by atoms with Gasteiger partial charge in [-0.1, -0.05) is 42.0 Å². The SMILES string of the molecule is C=CCN1C(=O)/C(=C/c2ccc(C)cc2)S/C1=N/c1ccccn1. The highest BCUT2D eigenvalue weighted by atomic mass is 32.2. The fourth-order valence-corrected chi connectivity index (χ4v) is 3.21. The minimum atomic E-state index is -0.0600. The summed E-state index contributed by atoms with van der Waals surface area (Å²) in [4.78, 5) is 23.6. The van der Waals surface area contributed by atoms with E-state index in [1.54, 1.807) is 17.2 Å². The fourth-order valence-electron chi connectivity index (χ4n) is 2.21. The number of hydrogen-bond donors (Lipinski definition) is 0. The topological polar surface area (TPSA) is 45.6 Å². The smallest absolute Gasteiger partial charge is 0.267 e. The van der Waals surface area contributed by atoms with Crippen molar-refractivity contribution in [2.45, 2.75) is 6.92 Å². The van der Waals surface area contributed by atoms with Crippen LogP contribution in [0.25, 0.3) is 6.08 Å². The Morgan fingerprint density at radius 3 is 2.71 bits per heavy atom. The summed E-state index contributed by atoms with van der Waals surface area (Å²) in [5.41, 5.74) is 2.18. The second kappa shape index (κ2) is 7.27. The van der Waals surface area contributed by atoms with Crippen LogP contribution in [0.4, 0.5) is 5.82 Å². The first-order chi connectivity index (χ1) is 11.7. The van der Waals surface area contributed by atoms with Gasteiger partial charge in [0.15, 0.2) is 11.0 Å². The monoisotopic (exact) mass is 335 g/mol. The number of aliphatic imine (C=N–C) groups is 1. The van der Waals surface area contributed by atoms with E-state index in [1.165, 1.54) is 17.3 Å². The number of carbonyl (C=O) groups is 1. The van der Waals surface area contributed by atoms with Crippen LogP contribution < -0.4 is 0 Å². The molecule has 1 amide bonds. The lowest BCUT2D eigenvalue weighted by Gasteiger charge is -2.12. The van der Waals surface area contributed by atoms with E-state index in [4.69, 9.17) is 0 Å². The molecule has 24 heavy (non-hydrogen) atoms. The van der Waals surface area contributed by atoms with Gasteiger partial charge in [0.2, 0.25) is 0 Å². The third-order valence-electron chi connectivity index (χ3n) is 3.43. The molecule has 0 spiro atoms. The molecule has 120 valence electrons. The molecule has 5 heteroatoms.